The van der Waals surface area contributed by atoms with Gasteiger partial charge in [-0.2, -0.15) is 0 Å². The van der Waals surface area contributed by atoms with Crippen LogP contribution in [-0.2, 0) is 9.09 Å². The van der Waals surface area contributed by atoms with Crippen molar-refractivity contribution < 1.29 is 18.5 Å². The fourth-order valence-corrected chi connectivity index (χ4v) is 3.41. The Balaban J connectivity index is 3.43. The number of unbranched alkanes of at least 4 members (excludes halogenated alkanes) is 9. The molecule has 134 valence electrons. The van der Waals surface area contributed by atoms with E-state index in [1.807, 2.05) is 21.1 Å². The molecule has 5 heteroatoms. The smallest absolute Gasteiger partial charge is 0.135 e. The highest BCUT2D eigenvalue weighted by atomic mass is 31.2. The monoisotopic (exact) mass is 335 g/mol. The summed E-state index contributed by atoms with van der Waals surface area (Å²) >= 11 is 0. The minimum atomic E-state index is -3.61. The van der Waals surface area contributed by atoms with Crippen LogP contribution in [0.5, 0.6) is 0 Å². The van der Waals surface area contributed by atoms with Crippen LogP contribution in [0.3, 0.4) is 0 Å². The first kappa shape index (κ1) is 22.1. The Hall–Kier alpha value is 0.110. The van der Waals surface area contributed by atoms with Gasteiger partial charge in [0.15, 0.2) is 0 Å². The van der Waals surface area contributed by atoms with Gasteiger partial charge in [-0.25, -0.2) is 0 Å². The van der Waals surface area contributed by atoms with E-state index in [9.17, 15) is 9.46 Å². The third kappa shape index (κ3) is 16.5. The van der Waals surface area contributed by atoms with Crippen LogP contribution in [-0.4, -0.2) is 44.9 Å². The van der Waals surface area contributed by atoms with Gasteiger partial charge in [-0.3, -0.25) is 0 Å². The Morgan fingerprint density at radius 3 is 1.77 bits per heavy atom. The first-order valence-corrected chi connectivity index (χ1v) is 10.7. The third-order valence-electron chi connectivity index (χ3n) is 3.84. The number of rotatable bonds is 15. The van der Waals surface area contributed by atoms with Crippen LogP contribution in [0.25, 0.3) is 0 Å². The molecule has 0 aromatic carbocycles. The Kier molecular flexibility index (Phi) is 12.6. The first-order chi connectivity index (χ1) is 10.3. The Bertz CT molecular complexity index is 303. The predicted octanol–water partition coefficient (Wildman–Crippen LogP) is 4.18. The predicted molar refractivity (Wildman–Crippen MR) is 93.2 cm³/mol. The molecule has 0 saturated heterocycles. The molecule has 0 fully saturated rings. The van der Waals surface area contributed by atoms with E-state index in [0.717, 1.165) is 23.7 Å². The molecule has 0 amide bonds. The number of likely N-dealkylation sites (N-methyl/N-ethyl adjacent to an activating group) is 1. The van der Waals surface area contributed by atoms with Crippen molar-refractivity contribution in [3.05, 3.63) is 0 Å². The maximum absolute atomic E-state index is 11.8. The van der Waals surface area contributed by atoms with E-state index in [4.69, 9.17) is 4.52 Å². The van der Waals surface area contributed by atoms with E-state index in [1.54, 1.807) is 0 Å². The van der Waals surface area contributed by atoms with Crippen molar-refractivity contribution in [2.75, 3.05) is 40.5 Å². The van der Waals surface area contributed by atoms with Crippen molar-refractivity contribution in [3.8, 4) is 0 Å². The molecular formula is C17H38NO3P. The summed E-state index contributed by atoms with van der Waals surface area (Å²) in [5, 5.41) is 0. The lowest BCUT2D eigenvalue weighted by Gasteiger charge is -2.27. The van der Waals surface area contributed by atoms with Gasteiger partial charge in [0.2, 0.25) is 0 Å². The molecule has 0 N–H and O–H groups in total. The van der Waals surface area contributed by atoms with Gasteiger partial charge in [0.05, 0.1) is 21.1 Å². The van der Waals surface area contributed by atoms with Gasteiger partial charge in [0.1, 0.15) is 20.7 Å². The highest BCUT2D eigenvalue weighted by Gasteiger charge is 2.12. The Labute approximate surface area is 138 Å². The SMILES string of the molecule is CCCCCCCCCCCCP(=O)([O-])OCC[N+](C)(C)C. The van der Waals surface area contributed by atoms with Crippen LogP contribution in [0.2, 0.25) is 0 Å². The molecule has 0 radical (unpaired) electrons. The van der Waals surface area contributed by atoms with Crippen molar-refractivity contribution in [1.29, 1.82) is 0 Å². The van der Waals surface area contributed by atoms with Crippen LogP contribution in [0.4, 0.5) is 0 Å². The molecule has 0 rings (SSSR count). The quantitative estimate of drug-likeness (QED) is 0.256. The van der Waals surface area contributed by atoms with Gasteiger partial charge in [0.25, 0.3) is 0 Å². The largest absolute Gasteiger partial charge is 0.778 e. The van der Waals surface area contributed by atoms with E-state index in [0.29, 0.717) is 13.2 Å². The van der Waals surface area contributed by atoms with E-state index >= 15 is 0 Å². The fraction of sp³-hybridized carbons (Fsp3) is 1.00. The lowest BCUT2D eigenvalue weighted by molar-refractivity contribution is -0.870. The molecule has 0 bridgehead atoms. The zero-order valence-corrected chi connectivity index (χ0v) is 16.2. The summed E-state index contributed by atoms with van der Waals surface area (Å²) in [4.78, 5) is 11.8. The molecule has 0 aliphatic heterocycles. The standard InChI is InChI=1S/C17H38NO3P/c1-5-6-7-8-9-10-11-12-13-14-17-22(19,20)21-16-15-18(2,3)4/h5-17H2,1-4H3. The second-order valence-corrected chi connectivity index (χ2v) is 9.29. The van der Waals surface area contributed by atoms with Crippen molar-refractivity contribution in [3.63, 3.8) is 0 Å². The minimum Gasteiger partial charge on any atom is -0.778 e. The van der Waals surface area contributed by atoms with Gasteiger partial charge in [-0.05, 0) is 6.42 Å². The van der Waals surface area contributed by atoms with Gasteiger partial charge in [-0.15, -0.1) is 0 Å². The highest BCUT2D eigenvalue weighted by molar-refractivity contribution is 7.51. The molecular weight excluding hydrogens is 297 g/mol. The number of hydrogen-bond acceptors (Lipinski definition) is 3. The molecule has 0 aromatic heterocycles. The lowest BCUT2D eigenvalue weighted by atomic mass is 10.1. The summed E-state index contributed by atoms with van der Waals surface area (Å²) in [5.74, 6) is 0. The van der Waals surface area contributed by atoms with Crippen LogP contribution in [0, 0.1) is 0 Å². The average molecular weight is 335 g/mol. The van der Waals surface area contributed by atoms with Gasteiger partial charge in [-0.1, -0.05) is 64.7 Å². The first-order valence-electron chi connectivity index (χ1n) is 9.02. The molecule has 0 aliphatic carbocycles. The summed E-state index contributed by atoms with van der Waals surface area (Å²) in [5.41, 5.74) is 0. The second-order valence-electron chi connectivity index (χ2n) is 7.36. The zero-order chi connectivity index (χ0) is 16.9. The zero-order valence-electron chi connectivity index (χ0n) is 15.3. The van der Waals surface area contributed by atoms with Crippen molar-refractivity contribution in [1.82, 2.24) is 0 Å². The van der Waals surface area contributed by atoms with Crippen molar-refractivity contribution in [2.45, 2.75) is 71.1 Å². The van der Waals surface area contributed by atoms with Crippen LogP contribution < -0.4 is 4.89 Å². The molecule has 1 atom stereocenters. The Morgan fingerprint density at radius 1 is 0.864 bits per heavy atom. The van der Waals surface area contributed by atoms with Gasteiger partial charge < -0.3 is 18.5 Å². The summed E-state index contributed by atoms with van der Waals surface area (Å²) in [6, 6.07) is 0. The van der Waals surface area contributed by atoms with Crippen molar-refractivity contribution >= 4 is 7.60 Å². The minimum absolute atomic E-state index is 0.195. The van der Waals surface area contributed by atoms with Crippen LogP contribution in [0.1, 0.15) is 71.1 Å². The topological polar surface area (TPSA) is 49.4 Å². The normalized spacial score (nSPS) is 15.0. The lowest BCUT2D eigenvalue weighted by Crippen LogP contribution is -2.37. The van der Waals surface area contributed by atoms with E-state index in [1.165, 1.54) is 44.9 Å². The number of nitrogens with zero attached hydrogens (tertiary/aromatic N) is 1. The Morgan fingerprint density at radius 2 is 1.32 bits per heavy atom. The molecule has 0 heterocycles. The van der Waals surface area contributed by atoms with Crippen molar-refractivity contribution in [2.24, 2.45) is 0 Å². The van der Waals surface area contributed by atoms with E-state index in [2.05, 4.69) is 6.92 Å². The number of hydrogen-bond donors (Lipinski definition) is 0. The summed E-state index contributed by atoms with van der Waals surface area (Å²) in [6.45, 7) is 3.24. The van der Waals surface area contributed by atoms with Gasteiger partial charge in [0, 0.05) is 6.16 Å². The summed E-state index contributed by atoms with van der Waals surface area (Å²) in [7, 11) is 2.47. The van der Waals surface area contributed by atoms with E-state index < -0.39 is 7.60 Å². The van der Waals surface area contributed by atoms with E-state index in [-0.39, 0.29) is 6.16 Å². The van der Waals surface area contributed by atoms with Gasteiger partial charge >= 0.3 is 0 Å². The maximum Gasteiger partial charge on any atom is 0.135 e. The van der Waals surface area contributed by atoms with Crippen LogP contribution >= 0.6 is 7.60 Å². The number of quaternary nitrogens is 1. The fourth-order valence-electron chi connectivity index (χ4n) is 2.31. The van der Waals surface area contributed by atoms with Crippen LogP contribution in [0.15, 0.2) is 0 Å². The maximum atomic E-state index is 11.8. The summed E-state index contributed by atoms with van der Waals surface area (Å²) < 4.78 is 17.5. The molecule has 0 saturated carbocycles. The molecule has 0 spiro atoms. The molecule has 1 unspecified atom stereocenters. The third-order valence-corrected chi connectivity index (χ3v) is 5.28. The average Bonchev–Trinajstić information content (AvgIpc) is 2.39. The highest BCUT2D eigenvalue weighted by Crippen LogP contribution is 2.37. The summed E-state index contributed by atoms with van der Waals surface area (Å²) in [6.07, 6.45) is 12.3. The molecule has 22 heavy (non-hydrogen) atoms. The molecule has 4 nitrogen and oxygen atoms in total. The second kappa shape index (κ2) is 12.5. The molecule has 0 aromatic rings. The molecule has 0 aliphatic rings.